The van der Waals surface area contributed by atoms with Crippen molar-refractivity contribution in [3.63, 3.8) is 0 Å². The van der Waals surface area contributed by atoms with Crippen LogP contribution < -0.4 is 17.2 Å². The van der Waals surface area contributed by atoms with E-state index in [1.165, 1.54) is 0 Å². The first-order valence-corrected chi connectivity index (χ1v) is 10.5. The fourth-order valence-corrected chi connectivity index (χ4v) is 5.45. The van der Waals surface area contributed by atoms with E-state index in [9.17, 15) is 9.59 Å². The third kappa shape index (κ3) is 4.22. The molecule has 2 unspecified atom stereocenters. The minimum atomic E-state index is -0.864. The van der Waals surface area contributed by atoms with Crippen LogP contribution in [0, 0.1) is 12.8 Å². The number of likely N-dealkylation sites (tertiary alicyclic amines) is 1. The van der Waals surface area contributed by atoms with E-state index in [-0.39, 0.29) is 41.1 Å². The molecule has 0 radical (unpaired) electrons. The van der Waals surface area contributed by atoms with Gasteiger partial charge in [0, 0.05) is 30.0 Å². The molecule has 2 amide bonds. The van der Waals surface area contributed by atoms with Gasteiger partial charge in [0.25, 0.3) is 5.91 Å². The number of quaternary nitrogens is 1. The number of aromatic nitrogens is 1. The first kappa shape index (κ1) is 26.1. The lowest BCUT2D eigenvalue weighted by atomic mass is 9.92. The number of carbonyl (C=O) groups is 2. The molecule has 0 bridgehead atoms. The molecule has 4 atom stereocenters. The Bertz CT molecular complexity index is 990. The van der Waals surface area contributed by atoms with Crippen LogP contribution in [-0.4, -0.2) is 39.4 Å². The highest BCUT2D eigenvalue weighted by molar-refractivity contribution is 5.91. The van der Waals surface area contributed by atoms with Crippen LogP contribution in [0.25, 0.3) is 0 Å². The van der Waals surface area contributed by atoms with Crippen LogP contribution in [0.3, 0.4) is 0 Å². The number of rotatable bonds is 6. The minimum Gasteiger partial charge on any atom is -0.384 e. The molecule has 0 spiro atoms. The molecule has 1 saturated heterocycles. The van der Waals surface area contributed by atoms with Crippen LogP contribution in [0.4, 0.5) is 5.82 Å². The molecule has 1 aliphatic carbocycles. The molecule has 4 rings (SSSR count). The van der Waals surface area contributed by atoms with Gasteiger partial charge in [0.2, 0.25) is 0 Å². The summed E-state index contributed by atoms with van der Waals surface area (Å²) in [4.78, 5) is 31.0. The molecule has 2 aliphatic rings. The predicted octanol–water partition coefficient (Wildman–Crippen LogP) is 2.27. The second-order valence-electron chi connectivity index (χ2n) is 8.80. The van der Waals surface area contributed by atoms with Gasteiger partial charge in [-0.05, 0) is 37.5 Å². The summed E-state index contributed by atoms with van der Waals surface area (Å²) in [5, 5.41) is 0. The lowest BCUT2D eigenvalue weighted by molar-refractivity contribution is -0.900. The van der Waals surface area contributed by atoms with Crippen molar-refractivity contribution in [1.82, 2.24) is 4.98 Å². The maximum absolute atomic E-state index is 13.9. The molecule has 1 aliphatic heterocycles. The number of primary amides is 1. The average molecular weight is 481 g/mol. The number of hydrogen-bond donors (Lipinski definition) is 3. The average Bonchev–Trinajstić information content (AvgIpc) is 3.47. The van der Waals surface area contributed by atoms with Gasteiger partial charge in [-0.1, -0.05) is 30.3 Å². The van der Waals surface area contributed by atoms with Gasteiger partial charge in [0.15, 0.2) is 5.54 Å². The third-order valence-corrected chi connectivity index (χ3v) is 7.05. The second kappa shape index (κ2) is 9.75. The molecule has 1 saturated carbocycles. The zero-order valence-electron chi connectivity index (χ0n) is 18.2. The largest absolute Gasteiger partial charge is 0.384 e. The maximum atomic E-state index is 13.9. The van der Waals surface area contributed by atoms with E-state index in [4.69, 9.17) is 17.2 Å². The van der Waals surface area contributed by atoms with Crippen molar-refractivity contribution >= 4 is 42.4 Å². The standard InChI is InChI=1S/C23H29N5O2.2ClH/c1-15-17(9-10-20(25)27-15)14-28(11-5-8-18-13-23(18,28)22(26)30)21(29)19(24)12-16-6-3-2-4-7-16;;/h2-4,6-7,9-10,18-19H,5,8,11-14,24H2,1H3,(H3-,25,26,27,30);2*1H/p+1/t18-,19?,23+,28?;;/m1../s1. The molecule has 1 aromatic carbocycles. The Kier molecular flexibility index (Phi) is 7.94. The number of pyridine rings is 1. The van der Waals surface area contributed by atoms with Crippen molar-refractivity contribution in [2.24, 2.45) is 17.4 Å². The number of nitrogen functional groups attached to an aromatic ring is 1. The summed E-state index contributed by atoms with van der Waals surface area (Å²) >= 11 is 0. The molecular weight excluding hydrogens is 449 g/mol. The number of nitrogens with zero attached hydrogens (tertiary/aromatic N) is 2. The lowest BCUT2D eigenvalue weighted by Crippen LogP contribution is -2.70. The normalized spacial score (nSPS) is 26.6. The molecule has 174 valence electrons. The highest BCUT2D eigenvalue weighted by atomic mass is 35.5. The Morgan fingerprint density at radius 2 is 1.88 bits per heavy atom. The second-order valence-corrected chi connectivity index (χ2v) is 8.80. The number of hydrogen-bond acceptors (Lipinski definition) is 5. The number of aryl methyl sites for hydroxylation is 1. The van der Waals surface area contributed by atoms with Gasteiger partial charge in [-0.2, -0.15) is 0 Å². The van der Waals surface area contributed by atoms with E-state index in [1.54, 1.807) is 6.07 Å². The number of fused-ring (bicyclic) bond motifs is 1. The van der Waals surface area contributed by atoms with Gasteiger partial charge in [-0.15, -0.1) is 24.8 Å². The van der Waals surface area contributed by atoms with Crippen LogP contribution in [-0.2, 0) is 22.6 Å². The van der Waals surface area contributed by atoms with Gasteiger partial charge in [0.1, 0.15) is 18.4 Å². The van der Waals surface area contributed by atoms with E-state index in [2.05, 4.69) is 4.98 Å². The van der Waals surface area contributed by atoms with Crippen LogP contribution >= 0.6 is 24.8 Å². The van der Waals surface area contributed by atoms with E-state index >= 15 is 0 Å². The number of piperidine rings is 1. The number of halogens is 2. The molecule has 2 aromatic rings. The fraction of sp³-hybridized carbons (Fsp3) is 0.435. The summed E-state index contributed by atoms with van der Waals surface area (Å²) in [6.07, 6.45) is 2.86. The molecule has 6 N–H and O–H groups in total. The van der Waals surface area contributed by atoms with Gasteiger partial charge >= 0.3 is 5.91 Å². The van der Waals surface area contributed by atoms with Crippen molar-refractivity contribution in [2.75, 3.05) is 12.3 Å². The highest BCUT2D eigenvalue weighted by Crippen LogP contribution is 2.59. The Labute approximate surface area is 201 Å². The van der Waals surface area contributed by atoms with Gasteiger partial charge in [0.05, 0.1) is 6.54 Å². The molecule has 32 heavy (non-hydrogen) atoms. The van der Waals surface area contributed by atoms with Crippen molar-refractivity contribution in [1.29, 1.82) is 0 Å². The van der Waals surface area contributed by atoms with Crippen molar-refractivity contribution in [3.05, 3.63) is 59.3 Å². The maximum Gasteiger partial charge on any atom is 0.332 e. The Morgan fingerprint density at radius 1 is 1.19 bits per heavy atom. The van der Waals surface area contributed by atoms with E-state index in [0.29, 0.717) is 31.7 Å². The van der Waals surface area contributed by atoms with Gasteiger partial charge in [-0.3, -0.25) is 4.79 Å². The molecule has 7 nitrogen and oxygen atoms in total. The zero-order valence-corrected chi connectivity index (χ0v) is 19.8. The van der Waals surface area contributed by atoms with Gasteiger partial charge < -0.3 is 17.2 Å². The first-order chi connectivity index (χ1) is 14.3. The Balaban J connectivity index is 0.00000181. The quantitative estimate of drug-likeness (QED) is 0.546. The summed E-state index contributed by atoms with van der Waals surface area (Å²) in [6.45, 7) is 2.80. The topological polar surface area (TPSA) is 125 Å². The lowest BCUT2D eigenvalue weighted by Gasteiger charge is -2.46. The molecular formula is C23H32Cl2N5O2+. The SMILES string of the molecule is Cc1nc(N)ccc1C[N+]1(C(=O)C(N)Cc2ccccc2)CCC[C@@H]2C[C@@]21C(N)=O.Cl.Cl. The Hall–Kier alpha value is -2.19. The summed E-state index contributed by atoms with van der Waals surface area (Å²) < 4.78 is -0.00651. The van der Waals surface area contributed by atoms with Gasteiger partial charge in [-0.25, -0.2) is 14.3 Å². The fourth-order valence-electron chi connectivity index (χ4n) is 5.45. The van der Waals surface area contributed by atoms with Crippen LogP contribution in [0.2, 0.25) is 0 Å². The van der Waals surface area contributed by atoms with Crippen LogP contribution in [0.15, 0.2) is 42.5 Å². The van der Waals surface area contributed by atoms with E-state index in [1.807, 2.05) is 43.3 Å². The monoisotopic (exact) mass is 480 g/mol. The summed E-state index contributed by atoms with van der Waals surface area (Å²) in [5.74, 6) is 0.0609. The van der Waals surface area contributed by atoms with Crippen LogP contribution in [0.1, 0.15) is 36.1 Å². The Morgan fingerprint density at radius 3 is 2.50 bits per heavy atom. The van der Waals surface area contributed by atoms with Crippen LogP contribution in [0.5, 0.6) is 0 Å². The number of anilines is 1. The summed E-state index contributed by atoms with van der Waals surface area (Å²) in [7, 11) is 0. The van der Waals surface area contributed by atoms with Crippen molar-refractivity contribution < 1.29 is 14.1 Å². The number of carbonyl (C=O) groups excluding carboxylic acids is 2. The summed E-state index contributed by atoms with van der Waals surface area (Å²) in [6, 6.07) is 12.6. The molecule has 1 aromatic heterocycles. The molecule has 9 heteroatoms. The first-order valence-electron chi connectivity index (χ1n) is 10.5. The number of nitrogens with two attached hydrogens (primary N) is 3. The smallest absolute Gasteiger partial charge is 0.332 e. The molecule has 2 heterocycles. The van der Waals surface area contributed by atoms with E-state index < -0.39 is 17.5 Å². The van der Waals surface area contributed by atoms with E-state index in [0.717, 1.165) is 29.7 Å². The minimum absolute atomic E-state index is 0. The number of amides is 2. The highest BCUT2D eigenvalue weighted by Gasteiger charge is 2.76. The predicted molar refractivity (Wildman–Crippen MR) is 129 cm³/mol. The van der Waals surface area contributed by atoms with Crippen molar-refractivity contribution in [2.45, 2.75) is 50.7 Å². The molecule has 2 fully saturated rings. The number of benzene rings is 1. The third-order valence-electron chi connectivity index (χ3n) is 7.05. The summed E-state index contributed by atoms with van der Waals surface area (Å²) in [5.41, 5.74) is 20.0. The zero-order chi connectivity index (χ0) is 21.5. The van der Waals surface area contributed by atoms with Crippen molar-refractivity contribution in [3.8, 4) is 0 Å².